The Labute approximate surface area is 285 Å². The third-order valence-electron chi connectivity index (χ3n) is 9.04. The first-order valence-corrected chi connectivity index (χ1v) is 17.8. The van der Waals surface area contributed by atoms with Crippen molar-refractivity contribution in [2.24, 2.45) is 0 Å². The molecule has 2 N–H and O–H groups in total. The summed E-state index contributed by atoms with van der Waals surface area (Å²) < 4.78 is 63.3. The molecule has 0 aliphatic carbocycles. The van der Waals surface area contributed by atoms with Gasteiger partial charge >= 0.3 is 0 Å². The highest BCUT2D eigenvalue weighted by atomic mass is 32.2. The Morgan fingerprint density at radius 1 is 0.816 bits per heavy atom. The van der Waals surface area contributed by atoms with Crippen molar-refractivity contribution in [2.45, 2.75) is 43.1 Å². The van der Waals surface area contributed by atoms with E-state index in [-0.39, 0.29) is 57.4 Å². The van der Waals surface area contributed by atoms with Crippen molar-refractivity contribution in [2.75, 3.05) is 53.7 Å². The third kappa shape index (κ3) is 7.71. The Kier molecular flexibility index (Phi) is 10.5. The van der Waals surface area contributed by atoms with Crippen LogP contribution in [-0.4, -0.2) is 89.1 Å². The van der Waals surface area contributed by atoms with Crippen LogP contribution in [0.2, 0.25) is 0 Å². The highest BCUT2D eigenvalue weighted by Gasteiger charge is 2.47. The summed E-state index contributed by atoms with van der Waals surface area (Å²) in [7, 11) is -0.526. The van der Waals surface area contributed by atoms with E-state index in [1.807, 2.05) is 0 Å². The van der Waals surface area contributed by atoms with E-state index in [1.54, 1.807) is 60.7 Å². The summed E-state index contributed by atoms with van der Waals surface area (Å²) in [5, 5.41) is 5.36. The van der Waals surface area contributed by atoms with E-state index in [0.29, 0.717) is 71.7 Å². The normalized spacial score (nSPS) is 19.3. The van der Waals surface area contributed by atoms with Crippen LogP contribution in [0.25, 0.3) is 0 Å². The molecule has 0 unspecified atom stereocenters. The van der Waals surface area contributed by atoms with E-state index in [2.05, 4.69) is 10.6 Å². The molecule has 262 valence electrons. The lowest BCUT2D eigenvalue weighted by molar-refractivity contribution is -0.140. The molecule has 0 radical (unpaired) electrons. The number of sulfonamides is 1. The van der Waals surface area contributed by atoms with Gasteiger partial charge in [0, 0.05) is 62.9 Å². The lowest BCUT2D eigenvalue weighted by Crippen LogP contribution is -2.58. The number of methoxy groups -OCH3 is 2. The van der Waals surface area contributed by atoms with Gasteiger partial charge in [0.2, 0.25) is 10.0 Å². The van der Waals surface area contributed by atoms with Crippen LogP contribution in [-0.2, 0) is 26.1 Å². The molecular weight excluding hydrogens is 654 g/mol. The smallest absolute Gasteiger partial charge is 0.264 e. The van der Waals surface area contributed by atoms with Gasteiger partial charge in [-0.3, -0.25) is 9.59 Å². The van der Waals surface area contributed by atoms with Gasteiger partial charge in [-0.25, -0.2) is 12.7 Å². The molecule has 14 heteroatoms. The average Bonchev–Trinajstić information content (AvgIpc) is 3.13. The second-order valence-corrected chi connectivity index (χ2v) is 14.3. The van der Waals surface area contributed by atoms with Crippen LogP contribution >= 0.6 is 0 Å². The lowest BCUT2D eigenvalue weighted by Gasteiger charge is -2.41. The number of carbonyl (C=O) groups excluding carboxylic acids is 2. The SMILES string of the molecule is COc1cc2ccc1CNC(=O)C1(CCN(S(=O)(=O)C3CCOCC3)CC1)Oc1ccc(cc1)OCCNC(=O)c1ccc(OC)c(c1)O2. The zero-order valence-electron chi connectivity index (χ0n) is 27.6. The van der Waals surface area contributed by atoms with Crippen molar-refractivity contribution >= 4 is 21.8 Å². The zero-order chi connectivity index (χ0) is 34.4. The number of ether oxygens (including phenoxy) is 6. The Bertz CT molecular complexity index is 1750. The number of hydrogen-bond donors (Lipinski definition) is 2. The lowest BCUT2D eigenvalue weighted by atomic mass is 9.90. The summed E-state index contributed by atoms with van der Waals surface area (Å²) in [5.41, 5.74) is -0.267. The number of amides is 2. The summed E-state index contributed by atoms with van der Waals surface area (Å²) in [6, 6.07) is 17.0. The first kappa shape index (κ1) is 34.3. The predicted molar refractivity (Wildman–Crippen MR) is 179 cm³/mol. The molecule has 49 heavy (non-hydrogen) atoms. The molecule has 6 aliphatic rings. The van der Waals surface area contributed by atoms with Gasteiger partial charge in [-0.1, -0.05) is 0 Å². The number of nitrogens with zero attached hydrogens (tertiary/aromatic N) is 1. The van der Waals surface area contributed by atoms with E-state index in [1.165, 1.54) is 18.5 Å². The molecule has 0 atom stereocenters. The largest absolute Gasteiger partial charge is 0.496 e. The van der Waals surface area contributed by atoms with E-state index in [9.17, 15) is 18.0 Å². The summed E-state index contributed by atoms with van der Waals surface area (Å²) in [6.07, 6.45) is 1.22. The van der Waals surface area contributed by atoms with Crippen LogP contribution in [0.15, 0.2) is 60.7 Å². The molecule has 13 nitrogen and oxygen atoms in total. The Balaban J connectivity index is 1.27. The van der Waals surface area contributed by atoms with Gasteiger partial charge in [0.05, 0.1) is 26.0 Å². The maximum Gasteiger partial charge on any atom is 0.264 e. The predicted octanol–water partition coefficient (Wildman–Crippen LogP) is 3.66. The Morgan fingerprint density at radius 3 is 2.22 bits per heavy atom. The maximum absolute atomic E-state index is 14.0. The second kappa shape index (κ2) is 14.9. The zero-order valence-corrected chi connectivity index (χ0v) is 28.4. The topological polar surface area (TPSA) is 151 Å². The molecule has 0 saturated carbocycles. The quantitative estimate of drug-likeness (QED) is 0.414. The van der Waals surface area contributed by atoms with Gasteiger partial charge in [0.15, 0.2) is 17.1 Å². The number of rotatable bonds is 4. The van der Waals surface area contributed by atoms with Crippen LogP contribution < -0.4 is 34.3 Å². The molecule has 2 amide bonds. The Hall–Kier alpha value is -4.53. The first-order valence-electron chi connectivity index (χ1n) is 16.3. The number of carbonyl (C=O) groups is 2. The monoisotopic (exact) mass is 695 g/mol. The number of hydrogen-bond acceptors (Lipinski definition) is 10. The highest BCUT2D eigenvalue weighted by Crippen LogP contribution is 2.36. The van der Waals surface area contributed by atoms with Crippen molar-refractivity contribution in [1.29, 1.82) is 0 Å². The van der Waals surface area contributed by atoms with Gasteiger partial charge in [-0.2, -0.15) is 0 Å². The summed E-state index contributed by atoms with van der Waals surface area (Å²) in [6.45, 7) is 1.68. The summed E-state index contributed by atoms with van der Waals surface area (Å²) in [4.78, 5) is 27.0. The molecule has 3 aromatic carbocycles. The van der Waals surface area contributed by atoms with Gasteiger partial charge in [0.25, 0.3) is 11.8 Å². The summed E-state index contributed by atoms with van der Waals surface area (Å²) in [5.74, 6) is 1.99. The molecule has 0 aromatic heterocycles. The van der Waals surface area contributed by atoms with Gasteiger partial charge in [-0.15, -0.1) is 0 Å². The van der Waals surface area contributed by atoms with Crippen molar-refractivity contribution in [1.82, 2.24) is 14.9 Å². The first-order chi connectivity index (χ1) is 23.7. The molecule has 2 saturated heterocycles. The molecule has 6 bridgehead atoms. The van der Waals surface area contributed by atoms with Crippen molar-refractivity contribution < 1.29 is 46.4 Å². The molecule has 6 heterocycles. The fraction of sp³-hybridized carbons (Fsp3) is 0.429. The van der Waals surface area contributed by atoms with Crippen LogP contribution in [0, 0.1) is 0 Å². The molecule has 6 aliphatic heterocycles. The minimum absolute atomic E-state index is 0.114. The molecule has 2 fully saturated rings. The van der Waals surface area contributed by atoms with E-state index < -0.39 is 20.9 Å². The summed E-state index contributed by atoms with van der Waals surface area (Å²) >= 11 is 0. The second-order valence-electron chi connectivity index (χ2n) is 12.1. The van der Waals surface area contributed by atoms with Crippen LogP contribution in [0.1, 0.15) is 41.6 Å². The van der Waals surface area contributed by atoms with Crippen LogP contribution in [0.5, 0.6) is 34.5 Å². The molecule has 3 aromatic rings. The minimum Gasteiger partial charge on any atom is -0.496 e. The molecule has 1 spiro atoms. The Morgan fingerprint density at radius 2 is 1.51 bits per heavy atom. The molecular formula is C35H41N3O10S. The standard InChI is InChI=1S/C35H41N3O10S/c1-43-30-10-4-24-21-32(30)47-28-5-3-25(31(22-28)44-2)23-37-34(40)35(48-27-8-6-26(7-9-27)46-20-15-36-33(24)39)13-16-38(17-14-35)49(41,42)29-11-18-45-19-12-29/h3-10,21-22,29H,11-20,23H2,1-2H3,(H,36,39)(H,37,40). The van der Waals surface area contributed by atoms with Crippen LogP contribution in [0.4, 0.5) is 0 Å². The number of benzene rings is 3. The third-order valence-corrected chi connectivity index (χ3v) is 11.4. The van der Waals surface area contributed by atoms with Gasteiger partial charge in [-0.05, 0) is 67.4 Å². The fourth-order valence-corrected chi connectivity index (χ4v) is 8.12. The van der Waals surface area contributed by atoms with E-state index in [4.69, 9.17) is 28.4 Å². The minimum atomic E-state index is -3.56. The van der Waals surface area contributed by atoms with Crippen molar-refractivity contribution in [3.8, 4) is 34.5 Å². The van der Waals surface area contributed by atoms with Crippen molar-refractivity contribution in [3.05, 3.63) is 71.8 Å². The fourth-order valence-electron chi connectivity index (χ4n) is 6.22. The van der Waals surface area contributed by atoms with Crippen molar-refractivity contribution in [3.63, 3.8) is 0 Å². The van der Waals surface area contributed by atoms with E-state index >= 15 is 0 Å². The van der Waals surface area contributed by atoms with Crippen LogP contribution in [0.3, 0.4) is 0 Å². The maximum atomic E-state index is 14.0. The number of nitrogens with one attached hydrogen (secondary N) is 2. The average molecular weight is 696 g/mol. The van der Waals surface area contributed by atoms with Gasteiger partial charge < -0.3 is 39.1 Å². The molecule has 9 rings (SSSR count). The van der Waals surface area contributed by atoms with Gasteiger partial charge in [0.1, 0.15) is 29.6 Å². The van der Waals surface area contributed by atoms with E-state index in [0.717, 1.165) is 0 Å². The number of piperidine rings is 1. The highest BCUT2D eigenvalue weighted by molar-refractivity contribution is 7.89.